The Kier molecular flexibility index (Phi) is 1.53. The molecule has 12 heavy (non-hydrogen) atoms. The third-order valence-electron chi connectivity index (χ3n) is 2.16. The summed E-state index contributed by atoms with van der Waals surface area (Å²) in [6.07, 6.45) is 5.80. The second-order valence-electron chi connectivity index (χ2n) is 3.02. The third-order valence-corrected chi connectivity index (χ3v) is 2.16. The van der Waals surface area contributed by atoms with Crippen LogP contribution < -0.4 is 5.73 Å². The van der Waals surface area contributed by atoms with Crippen molar-refractivity contribution in [2.24, 2.45) is 11.7 Å². The average Bonchev–Trinajstić information content (AvgIpc) is 2.84. The molecule has 1 aliphatic rings. The third kappa shape index (κ3) is 1.15. The smallest absolute Gasteiger partial charge is 0.221 e. The lowest BCUT2D eigenvalue weighted by Gasteiger charge is -1.94. The van der Waals surface area contributed by atoms with E-state index in [1.807, 2.05) is 0 Å². The zero-order valence-electron chi connectivity index (χ0n) is 6.47. The fourth-order valence-corrected chi connectivity index (χ4v) is 1.38. The first-order valence-electron chi connectivity index (χ1n) is 3.83. The van der Waals surface area contributed by atoms with Gasteiger partial charge in [0, 0.05) is 18.3 Å². The number of nitrogens with two attached hydrogens (primary N) is 1. The van der Waals surface area contributed by atoms with Gasteiger partial charge in [-0.1, -0.05) is 0 Å². The molecular weight excluding hydrogens is 154 g/mol. The van der Waals surface area contributed by atoms with Gasteiger partial charge in [0.2, 0.25) is 5.91 Å². The van der Waals surface area contributed by atoms with Crippen LogP contribution in [0.5, 0.6) is 0 Å². The zero-order valence-corrected chi connectivity index (χ0v) is 6.47. The van der Waals surface area contributed by atoms with E-state index in [9.17, 15) is 4.79 Å². The van der Waals surface area contributed by atoms with Gasteiger partial charge in [-0.05, 0) is 17.9 Å². The summed E-state index contributed by atoms with van der Waals surface area (Å²) in [6, 6.07) is 0. The van der Waals surface area contributed by atoms with Gasteiger partial charge in [-0.3, -0.25) is 4.79 Å². The maximum absolute atomic E-state index is 10.7. The Labute approximate surface area is 69.8 Å². The van der Waals surface area contributed by atoms with Crippen LogP contribution in [0, 0.1) is 5.92 Å². The number of aromatic nitrogens is 2. The summed E-state index contributed by atoms with van der Waals surface area (Å²) < 4.78 is 0. The van der Waals surface area contributed by atoms with E-state index in [1.165, 1.54) is 6.33 Å². The Morgan fingerprint density at radius 1 is 1.50 bits per heavy atom. The number of primary amides is 1. The van der Waals surface area contributed by atoms with Crippen molar-refractivity contribution in [2.75, 3.05) is 0 Å². The lowest BCUT2D eigenvalue weighted by atomic mass is 10.2. The first-order chi connectivity index (χ1) is 5.79. The highest BCUT2D eigenvalue weighted by atomic mass is 16.1. The fourth-order valence-electron chi connectivity index (χ4n) is 1.38. The van der Waals surface area contributed by atoms with E-state index in [0.29, 0.717) is 0 Å². The lowest BCUT2D eigenvalue weighted by molar-refractivity contribution is -0.119. The van der Waals surface area contributed by atoms with Gasteiger partial charge in [0.25, 0.3) is 0 Å². The molecule has 0 spiro atoms. The van der Waals surface area contributed by atoms with Gasteiger partial charge < -0.3 is 5.73 Å². The SMILES string of the molecule is NC(=O)C1CC1c1cncnc1. The van der Waals surface area contributed by atoms with Crippen LogP contribution in [0.4, 0.5) is 0 Å². The van der Waals surface area contributed by atoms with Gasteiger partial charge in [0.05, 0.1) is 0 Å². The van der Waals surface area contributed by atoms with E-state index in [-0.39, 0.29) is 17.7 Å². The summed E-state index contributed by atoms with van der Waals surface area (Å²) in [5, 5.41) is 0. The van der Waals surface area contributed by atoms with Crippen LogP contribution in [0.1, 0.15) is 17.9 Å². The first kappa shape index (κ1) is 7.21. The molecule has 2 rings (SSSR count). The van der Waals surface area contributed by atoms with E-state index < -0.39 is 0 Å². The van der Waals surface area contributed by atoms with Gasteiger partial charge >= 0.3 is 0 Å². The quantitative estimate of drug-likeness (QED) is 0.670. The van der Waals surface area contributed by atoms with Crippen molar-refractivity contribution >= 4 is 5.91 Å². The van der Waals surface area contributed by atoms with Gasteiger partial charge in [0.1, 0.15) is 6.33 Å². The minimum absolute atomic E-state index is 0.0102. The molecule has 1 aromatic rings. The van der Waals surface area contributed by atoms with E-state index in [1.54, 1.807) is 12.4 Å². The van der Waals surface area contributed by atoms with Crippen LogP contribution in [0.25, 0.3) is 0 Å². The van der Waals surface area contributed by atoms with Crippen LogP contribution in [0.2, 0.25) is 0 Å². The highest BCUT2D eigenvalue weighted by Crippen LogP contribution is 2.46. The van der Waals surface area contributed by atoms with E-state index in [4.69, 9.17) is 5.73 Å². The van der Waals surface area contributed by atoms with Gasteiger partial charge in [-0.15, -0.1) is 0 Å². The summed E-state index contributed by atoms with van der Waals surface area (Å²) in [4.78, 5) is 18.5. The Hall–Kier alpha value is -1.45. The van der Waals surface area contributed by atoms with Crippen molar-refractivity contribution in [3.63, 3.8) is 0 Å². The van der Waals surface area contributed by atoms with Crippen molar-refractivity contribution in [3.05, 3.63) is 24.3 Å². The summed E-state index contributed by atoms with van der Waals surface area (Å²) in [6.45, 7) is 0. The predicted octanol–water partition coefficient (Wildman–Crippen LogP) is 0.0654. The molecule has 62 valence electrons. The molecule has 0 saturated heterocycles. The molecule has 4 nitrogen and oxygen atoms in total. The van der Waals surface area contributed by atoms with Crippen molar-refractivity contribution < 1.29 is 4.79 Å². The van der Waals surface area contributed by atoms with E-state index in [0.717, 1.165) is 12.0 Å². The van der Waals surface area contributed by atoms with Crippen molar-refractivity contribution in [1.82, 2.24) is 9.97 Å². The Morgan fingerprint density at radius 2 is 2.17 bits per heavy atom. The van der Waals surface area contributed by atoms with Crippen LogP contribution in [0.3, 0.4) is 0 Å². The zero-order chi connectivity index (χ0) is 8.55. The summed E-state index contributed by atoms with van der Waals surface area (Å²) >= 11 is 0. The monoisotopic (exact) mass is 163 g/mol. The van der Waals surface area contributed by atoms with Crippen molar-refractivity contribution in [3.8, 4) is 0 Å². The van der Waals surface area contributed by atoms with Gasteiger partial charge in [-0.2, -0.15) is 0 Å². The molecule has 2 atom stereocenters. The highest BCUT2D eigenvalue weighted by molar-refractivity contribution is 5.81. The standard InChI is InChI=1S/C8H9N3O/c9-8(12)7-1-6(7)5-2-10-4-11-3-5/h2-4,6-7H,1H2,(H2,9,12). The second kappa shape index (κ2) is 2.55. The molecule has 4 heteroatoms. The van der Waals surface area contributed by atoms with Crippen molar-refractivity contribution in [1.29, 1.82) is 0 Å². The molecule has 1 fully saturated rings. The maximum atomic E-state index is 10.7. The summed E-state index contributed by atoms with van der Waals surface area (Å²) in [5.41, 5.74) is 6.16. The molecular formula is C8H9N3O. The molecule has 2 unspecified atom stereocenters. The molecule has 1 heterocycles. The topological polar surface area (TPSA) is 68.9 Å². The van der Waals surface area contributed by atoms with Gasteiger partial charge in [0.15, 0.2) is 0 Å². The molecule has 1 saturated carbocycles. The van der Waals surface area contributed by atoms with Crippen LogP contribution >= 0.6 is 0 Å². The lowest BCUT2D eigenvalue weighted by Crippen LogP contribution is -2.13. The average molecular weight is 163 g/mol. The Morgan fingerprint density at radius 3 is 2.67 bits per heavy atom. The number of rotatable bonds is 2. The first-order valence-corrected chi connectivity index (χ1v) is 3.83. The molecule has 2 N–H and O–H groups in total. The molecule has 1 amide bonds. The normalized spacial score (nSPS) is 26.7. The number of hydrogen-bond donors (Lipinski definition) is 1. The number of carbonyl (C=O) groups excluding carboxylic acids is 1. The largest absolute Gasteiger partial charge is 0.369 e. The predicted molar refractivity (Wildman–Crippen MR) is 42.1 cm³/mol. The molecule has 0 radical (unpaired) electrons. The molecule has 0 aromatic carbocycles. The van der Waals surface area contributed by atoms with E-state index >= 15 is 0 Å². The highest BCUT2D eigenvalue weighted by Gasteiger charge is 2.42. The van der Waals surface area contributed by atoms with Crippen molar-refractivity contribution in [2.45, 2.75) is 12.3 Å². The molecule has 1 aromatic heterocycles. The number of amides is 1. The number of nitrogens with zero attached hydrogens (tertiary/aromatic N) is 2. The van der Waals surface area contributed by atoms with E-state index in [2.05, 4.69) is 9.97 Å². The molecule has 0 bridgehead atoms. The molecule has 1 aliphatic carbocycles. The minimum atomic E-state index is -0.219. The molecule has 0 aliphatic heterocycles. The summed E-state index contributed by atoms with van der Waals surface area (Å²) in [5.74, 6) is 0.0588. The van der Waals surface area contributed by atoms with Crippen LogP contribution in [0.15, 0.2) is 18.7 Å². The second-order valence-corrected chi connectivity index (χ2v) is 3.02. The van der Waals surface area contributed by atoms with Crippen LogP contribution in [-0.4, -0.2) is 15.9 Å². The fraction of sp³-hybridized carbons (Fsp3) is 0.375. The summed E-state index contributed by atoms with van der Waals surface area (Å²) in [7, 11) is 0. The minimum Gasteiger partial charge on any atom is -0.369 e. The number of hydrogen-bond acceptors (Lipinski definition) is 3. The maximum Gasteiger partial charge on any atom is 0.221 e. The Balaban J connectivity index is 2.11. The van der Waals surface area contributed by atoms with Gasteiger partial charge in [-0.25, -0.2) is 9.97 Å². The Bertz CT molecular complexity index is 298. The number of carbonyl (C=O) groups is 1. The van der Waals surface area contributed by atoms with Crippen LogP contribution in [-0.2, 0) is 4.79 Å².